The van der Waals surface area contributed by atoms with Crippen LogP contribution in [0.15, 0.2) is 39.9 Å². The Hall–Kier alpha value is -3.27. The van der Waals surface area contributed by atoms with Gasteiger partial charge in [0.25, 0.3) is 11.8 Å². The number of carbonyl (C=O) groups excluding carboxylic acids is 2. The molecule has 0 fully saturated rings. The summed E-state index contributed by atoms with van der Waals surface area (Å²) in [6, 6.07) is 7.75. The van der Waals surface area contributed by atoms with Crippen LogP contribution < -0.4 is 25.0 Å². The number of benzene rings is 2. The van der Waals surface area contributed by atoms with Crippen molar-refractivity contribution in [1.29, 1.82) is 0 Å². The summed E-state index contributed by atoms with van der Waals surface area (Å²) in [4.78, 5) is 24.2. The van der Waals surface area contributed by atoms with Crippen LogP contribution in [0.4, 0.5) is 0 Å². The molecule has 0 aliphatic carbocycles. The highest BCUT2D eigenvalue weighted by Gasteiger charge is 2.17. The lowest BCUT2D eigenvalue weighted by Gasteiger charge is -2.14. The first-order valence-corrected chi connectivity index (χ1v) is 9.07. The molecule has 0 spiro atoms. The van der Waals surface area contributed by atoms with Gasteiger partial charge in [0.2, 0.25) is 5.75 Å². The Morgan fingerprint density at radius 3 is 2.34 bits per heavy atom. The van der Waals surface area contributed by atoms with Gasteiger partial charge in [0, 0.05) is 15.6 Å². The second kappa shape index (κ2) is 10.3. The molecular weight excluding hydrogens is 446 g/mol. The Balaban J connectivity index is 1.97. The van der Waals surface area contributed by atoms with E-state index in [1.54, 1.807) is 12.1 Å². The van der Waals surface area contributed by atoms with Crippen LogP contribution in [0.2, 0.25) is 0 Å². The van der Waals surface area contributed by atoms with Crippen LogP contribution in [0.5, 0.6) is 23.0 Å². The Bertz CT molecular complexity index is 907. The fourth-order valence-electron chi connectivity index (χ4n) is 2.32. The van der Waals surface area contributed by atoms with Gasteiger partial charge < -0.3 is 24.6 Å². The third-order valence-corrected chi connectivity index (χ3v) is 4.21. The quantitative estimate of drug-likeness (QED) is 0.405. The van der Waals surface area contributed by atoms with Crippen molar-refractivity contribution < 1.29 is 28.9 Å². The van der Waals surface area contributed by atoms with Gasteiger partial charge in [-0.1, -0.05) is 15.9 Å². The number of methoxy groups -OCH3 is 3. The summed E-state index contributed by atoms with van der Waals surface area (Å²) >= 11 is 3.28. The number of aromatic hydroxyl groups is 1. The molecule has 0 atom stereocenters. The van der Waals surface area contributed by atoms with Gasteiger partial charge in [-0.05, 0) is 30.3 Å². The lowest BCUT2D eigenvalue weighted by atomic mass is 10.1. The molecule has 2 aromatic carbocycles. The largest absolute Gasteiger partial charge is 0.507 e. The van der Waals surface area contributed by atoms with E-state index in [9.17, 15) is 14.7 Å². The average molecular weight is 466 g/mol. The highest BCUT2D eigenvalue weighted by Crippen LogP contribution is 2.38. The molecule has 29 heavy (non-hydrogen) atoms. The molecule has 0 bridgehead atoms. The smallest absolute Gasteiger partial charge is 0.259 e. The van der Waals surface area contributed by atoms with Crippen molar-refractivity contribution in [2.45, 2.75) is 0 Å². The van der Waals surface area contributed by atoms with Crippen LogP contribution in [0, 0.1) is 0 Å². The zero-order chi connectivity index (χ0) is 21.4. The van der Waals surface area contributed by atoms with E-state index >= 15 is 0 Å². The number of amides is 2. The van der Waals surface area contributed by atoms with E-state index in [2.05, 4.69) is 31.8 Å². The maximum Gasteiger partial charge on any atom is 0.259 e. The van der Waals surface area contributed by atoms with E-state index in [4.69, 9.17) is 14.2 Å². The van der Waals surface area contributed by atoms with Crippen LogP contribution in [-0.2, 0) is 4.79 Å². The van der Waals surface area contributed by atoms with Crippen molar-refractivity contribution in [2.24, 2.45) is 5.10 Å². The topological polar surface area (TPSA) is 118 Å². The van der Waals surface area contributed by atoms with E-state index in [-0.39, 0.29) is 17.9 Å². The van der Waals surface area contributed by atoms with Crippen molar-refractivity contribution in [3.63, 3.8) is 0 Å². The highest BCUT2D eigenvalue weighted by atomic mass is 79.9. The number of ether oxygens (including phenoxy) is 3. The van der Waals surface area contributed by atoms with Crippen molar-refractivity contribution in [3.05, 3.63) is 45.9 Å². The molecule has 0 aliphatic rings. The molecule has 0 aromatic heterocycles. The average Bonchev–Trinajstić information content (AvgIpc) is 2.73. The van der Waals surface area contributed by atoms with Gasteiger partial charge in [0.15, 0.2) is 11.5 Å². The summed E-state index contributed by atoms with van der Waals surface area (Å²) in [5.74, 6) is -0.0411. The van der Waals surface area contributed by atoms with Gasteiger partial charge in [-0.2, -0.15) is 5.10 Å². The third kappa shape index (κ3) is 5.85. The van der Waals surface area contributed by atoms with Crippen LogP contribution in [0.1, 0.15) is 15.9 Å². The molecule has 10 heteroatoms. The van der Waals surface area contributed by atoms with E-state index in [1.807, 2.05) is 0 Å². The Morgan fingerprint density at radius 1 is 1.10 bits per heavy atom. The summed E-state index contributed by atoms with van der Waals surface area (Å²) < 4.78 is 16.4. The fraction of sp³-hybridized carbons (Fsp3) is 0.211. The first-order chi connectivity index (χ1) is 13.9. The van der Waals surface area contributed by atoms with Crippen molar-refractivity contribution in [1.82, 2.24) is 10.7 Å². The second-order valence-electron chi connectivity index (χ2n) is 5.59. The van der Waals surface area contributed by atoms with Gasteiger partial charge in [-0.3, -0.25) is 9.59 Å². The van der Waals surface area contributed by atoms with Crippen molar-refractivity contribution >= 4 is 34.0 Å². The first-order valence-electron chi connectivity index (χ1n) is 8.28. The molecule has 0 radical (unpaired) electrons. The van der Waals surface area contributed by atoms with Crippen LogP contribution in [-0.4, -0.2) is 51.0 Å². The molecule has 0 saturated heterocycles. The van der Waals surface area contributed by atoms with Gasteiger partial charge in [0.1, 0.15) is 5.75 Å². The molecule has 2 aromatic rings. The number of rotatable bonds is 8. The Morgan fingerprint density at radius 2 is 1.76 bits per heavy atom. The Kier molecular flexibility index (Phi) is 7.84. The standard InChI is InChI=1S/C19H20BrN3O6/c1-27-15-7-11(8-16(28-2)18(15)29-3)19(26)21-10-17(25)23-22-9-12-6-13(20)4-5-14(12)24/h4-9,24H,10H2,1-3H3,(H,21,26)(H,23,25)/b22-9+. The fourth-order valence-corrected chi connectivity index (χ4v) is 2.70. The molecule has 0 saturated carbocycles. The normalized spacial score (nSPS) is 10.5. The van der Waals surface area contributed by atoms with Gasteiger partial charge in [-0.25, -0.2) is 5.43 Å². The number of nitrogens with one attached hydrogen (secondary N) is 2. The summed E-state index contributed by atoms with van der Waals surface area (Å²) in [5.41, 5.74) is 2.92. The molecule has 3 N–H and O–H groups in total. The number of phenols is 1. The minimum atomic E-state index is -0.545. The molecule has 2 amide bonds. The zero-order valence-corrected chi connectivity index (χ0v) is 17.6. The minimum absolute atomic E-state index is 0.0157. The van der Waals surface area contributed by atoms with Crippen molar-refractivity contribution in [3.8, 4) is 23.0 Å². The first kappa shape index (κ1) is 22.0. The monoisotopic (exact) mass is 465 g/mol. The number of nitrogens with zero attached hydrogens (tertiary/aromatic N) is 1. The molecule has 9 nitrogen and oxygen atoms in total. The number of carbonyl (C=O) groups is 2. The van der Waals surface area contributed by atoms with E-state index < -0.39 is 11.8 Å². The SMILES string of the molecule is COc1cc(C(=O)NCC(=O)N/N=C/c2cc(Br)ccc2O)cc(OC)c1OC. The number of halogens is 1. The summed E-state index contributed by atoms with van der Waals surface area (Å²) in [6.45, 7) is -0.308. The number of hydrogen-bond donors (Lipinski definition) is 3. The molecule has 154 valence electrons. The maximum absolute atomic E-state index is 12.3. The molecule has 0 aliphatic heterocycles. The highest BCUT2D eigenvalue weighted by molar-refractivity contribution is 9.10. The van der Waals surface area contributed by atoms with Gasteiger partial charge >= 0.3 is 0 Å². The second-order valence-corrected chi connectivity index (χ2v) is 6.51. The molecule has 0 unspecified atom stereocenters. The van der Waals surface area contributed by atoms with Gasteiger partial charge in [0.05, 0.1) is 34.1 Å². The number of hydrogen-bond acceptors (Lipinski definition) is 7. The molecular formula is C19H20BrN3O6. The third-order valence-electron chi connectivity index (χ3n) is 3.72. The summed E-state index contributed by atoms with van der Waals surface area (Å²) in [7, 11) is 4.33. The van der Waals surface area contributed by atoms with Crippen LogP contribution >= 0.6 is 15.9 Å². The lowest BCUT2D eigenvalue weighted by Crippen LogP contribution is -2.34. The number of hydrazone groups is 1. The predicted octanol–water partition coefficient (Wildman–Crippen LogP) is 2.06. The van der Waals surface area contributed by atoms with E-state index in [0.717, 1.165) is 4.47 Å². The Labute approximate surface area is 175 Å². The van der Waals surface area contributed by atoms with Crippen molar-refractivity contribution in [2.75, 3.05) is 27.9 Å². The van der Waals surface area contributed by atoms with Crippen LogP contribution in [0.25, 0.3) is 0 Å². The minimum Gasteiger partial charge on any atom is -0.507 e. The van der Waals surface area contributed by atoms with E-state index in [0.29, 0.717) is 22.8 Å². The molecule has 0 heterocycles. The summed E-state index contributed by atoms with van der Waals surface area (Å²) in [5, 5.41) is 15.9. The summed E-state index contributed by atoms with van der Waals surface area (Å²) in [6.07, 6.45) is 1.29. The number of phenolic OH excluding ortho intramolecular Hbond substituents is 1. The zero-order valence-electron chi connectivity index (χ0n) is 16.0. The van der Waals surface area contributed by atoms with Gasteiger partial charge in [-0.15, -0.1) is 0 Å². The lowest BCUT2D eigenvalue weighted by molar-refractivity contribution is -0.120. The van der Waals surface area contributed by atoms with E-state index in [1.165, 1.54) is 45.7 Å². The predicted molar refractivity (Wildman–Crippen MR) is 110 cm³/mol. The maximum atomic E-state index is 12.3. The molecule has 2 rings (SSSR count). The van der Waals surface area contributed by atoms with Crippen LogP contribution in [0.3, 0.4) is 0 Å².